The minimum absolute atomic E-state index is 0.267. The van der Waals surface area contributed by atoms with E-state index in [9.17, 15) is 8.42 Å². The Bertz CT molecular complexity index is 568. The van der Waals surface area contributed by atoms with Gasteiger partial charge in [0.2, 0.25) is 10.0 Å². The molecule has 0 aliphatic carbocycles. The number of hydrogen-bond donors (Lipinski definition) is 1. The van der Waals surface area contributed by atoms with Crippen LogP contribution in [0.4, 0.5) is 5.69 Å². The molecule has 0 fully saturated rings. The Kier molecular flexibility index (Phi) is 6.19. The quantitative estimate of drug-likeness (QED) is 0.779. The smallest absolute Gasteiger partial charge is 0.243 e. The predicted octanol–water partition coefficient (Wildman–Crippen LogP) is 1.79. The van der Waals surface area contributed by atoms with Crippen LogP contribution in [0.2, 0.25) is 0 Å². The zero-order valence-corrected chi connectivity index (χ0v) is 14.4. The lowest BCUT2D eigenvalue weighted by Crippen LogP contribution is -2.39. The van der Waals surface area contributed by atoms with E-state index in [2.05, 4.69) is 0 Å². The topological polar surface area (TPSA) is 66.6 Å². The van der Waals surface area contributed by atoms with Crippen molar-refractivity contribution < 1.29 is 8.42 Å². The van der Waals surface area contributed by atoms with E-state index in [0.717, 1.165) is 0 Å². The lowest BCUT2D eigenvalue weighted by molar-refractivity contribution is 0.312. The molecule has 0 aliphatic heterocycles. The molecule has 0 atom stereocenters. The van der Waals surface area contributed by atoms with Gasteiger partial charge in [0.05, 0.1) is 4.90 Å². The van der Waals surface area contributed by atoms with Gasteiger partial charge in [0.15, 0.2) is 0 Å². The van der Waals surface area contributed by atoms with Gasteiger partial charge in [-0.3, -0.25) is 0 Å². The summed E-state index contributed by atoms with van der Waals surface area (Å²) in [7, 11) is 0.355. The van der Waals surface area contributed by atoms with Gasteiger partial charge >= 0.3 is 0 Å². The number of nitrogen functional groups attached to an aromatic ring is 1. The van der Waals surface area contributed by atoms with Crippen LogP contribution < -0.4 is 5.73 Å². The zero-order chi connectivity index (χ0) is 16.2. The van der Waals surface area contributed by atoms with E-state index in [0.29, 0.717) is 35.8 Å². The number of sulfonamides is 1. The van der Waals surface area contributed by atoms with Gasteiger partial charge < -0.3 is 10.6 Å². The molecule has 120 valence electrons. The Balaban J connectivity index is 3.16. The number of rotatable bonds is 7. The third-order valence-electron chi connectivity index (χ3n) is 3.31. The Morgan fingerprint density at radius 1 is 1.19 bits per heavy atom. The van der Waals surface area contributed by atoms with Crippen LogP contribution in [0.1, 0.15) is 19.4 Å². The first kappa shape index (κ1) is 17.9. The zero-order valence-electron chi connectivity index (χ0n) is 13.6. The molecule has 1 aromatic carbocycles. The molecule has 0 bridgehead atoms. The fraction of sp³-hybridized carbons (Fsp3) is 0.600. The highest BCUT2D eigenvalue weighted by atomic mass is 32.2. The van der Waals surface area contributed by atoms with Gasteiger partial charge in [-0.2, -0.15) is 4.31 Å². The van der Waals surface area contributed by atoms with Crippen LogP contribution in [0.25, 0.3) is 0 Å². The first-order chi connectivity index (χ1) is 9.66. The molecular formula is C15H27N3O2S. The van der Waals surface area contributed by atoms with Crippen LogP contribution in [-0.4, -0.2) is 51.4 Å². The fourth-order valence-corrected chi connectivity index (χ4v) is 3.93. The maximum atomic E-state index is 12.9. The summed E-state index contributed by atoms with van der Waals surface area (Å²) in [6.07, 6.45) is 0. The van der Waals surface area contributed by atoms with Gasteiger partial charge in [0, 0.05) is 25.3 Å². The molecule has 6 heteroatoms. The molecule has 0 heterocycles. The molecule has 5 nitrogen and oxygen atoms in total. The first-order valence-corrected chi connectivity index (χ1v) is 8.60. The summed E-state index contributed by atoms with van der Waals surface area (Å²) in [4.78, 5) is 2.29. The van der Waals surface area contributed by atoms with Crippen LogP contribution in [-0.2, 0) is 10.0 Å². The van der Waals surface area contributed by atoms with Crippen LogP contribution in [0.3, 0.4) is 0 Å². The second-order valence-electron chi connectivity index (χ2n) is 6.03. The van der Waals surface area contributed by atoms with Gasteiger partial charge in [-0.05, 0) is 44.6 Å². The Morgan fingerprint density at radius 3 is 2.33 bits per heavy atom. The highest BCUT2D eigenvalue weighted by Gasteiger charge is 2.27. The van der Waals surface area contributed by atoms with Crippen molar-refractivity contribution in [2.75, 3.05) is 39.5 Å². The van der Waals surface area contributed by atoms with Gasteiger partial charge in [0.1, 0.15) is 0 Å². The number of likely N-dealkylation sites (N-methyl/N-ethyl adjacent to an activating group) is 1. The van der Waals surface area contributed by atoms with Crippen LogP contribution in [0.5, 0.6) is 0 Å². The number of nitrogens with zero attached hydrogens (tertiary/aromatic N) is 2. The molecule has 0 spiro atoms. The molecule has 0 unspecified atom stereocenters. The van der Waals surface area contributed by atoms with Gasteiger partial charge in [0.25, 0.3) is 0 Å². The summed E-state index contributed by atoms with van der Waals surface area (Å²) in [6.45, 7) is 7.45. The van der Waals surface area contributed by atoms with E-state index >= 15 is 0 Å². The molecule has 2 N–H and O–H groups in total. The van der Waals surface area contributed by atoms with Crippen molar-refractivity contribution in [2.45, 2.75) is 25.7 Å². The van der Waals surface area contributed by atoms with E-state index in [4.69, 9.17) is 5.73 Å². The molecular weight excluding hydrogens is 286 g/mol. The Hall–Kier alpha value is -1.11. The van der Waals surface area contributed by atoms with Crippen molar-refractivity contribution >= 4 is 15.7 Å². The van der Waals surface area contributed by atoms with Crippen molar-refractivity contribution in [2.24, 2.45) is 5.92 Å². The van der Waals surface area contributed by atoms with Crippen molar-refractivity contribution in [3.05, 3.63) is 23.8 Å². The summed E-state index contributed by atoms with van der Waals surface area (Å²) in [5, 5.41) is 0. The van der Waals surface area contributed by atoms with Crippen molar-refractivity contribution in [1.29, 1.82) is 0 Å². The molecule has 0 amide bonds. The third-order valence-corrected chi connectivity index (χ3v) is 5.32. The average molecular weight is 313 g/mol. The molecule has 1 rings (SSSR count). The molecule has 0 aromatic heterocycles. The van der Waals surface area contributed by atoms with E-state index in [1.807, 2.05) is 32.8 Å². The largest absolute Gasteiger partial charge is 0.398 e. The maximum absolute atomic E-state index is 12.9. The molecule has 0 radical (unpaired) electrons. The molecule has 21 heavy (non-hydrogen) atoms. The second-order valence-corrected chi connectivity index (χ2v) is 7.94. The van der Waals surface area contributed by atoms with Crippen molar-refractivity contribution in [1.82, 2.24) is 9.21 Å². The summed E-state index contributed by atoms with van der Waals surface area (Å²) in [6, 6.07) is 5.04. The minimum atomic E-state index is -3.52. The van der Waals surface area contributed by atoms with E-state index in [1.165, 1.54) is 0 Å². The predicted molar refractivity (Wildman–Crippen MR) is 87.7 cm³/mol. The Labute approximate surface area is 128 Å². The van der Waals surface area contributed by atoms with E-state index in [1.54, 1.807) is 29.4 Å². The van der Waals surface area contributed by atoms with Gasteiger partial charge in [-0.25, -0.2) is 8.42 Å². The Morgan fingerprint density at radius 2 is 1.81 bits per heavy atom. The molecule has 0 saturated carbocycles. The lowest BCUT2D eigenvalue weighted by atomic mass is 10.2. The van der Waals surface area contributed by atoms with Crippen molar-refractivity contribution in [3.63, 3.8) is 0 Å². The number of anilines is 1. The van der Waals surface area contributed by atoms with Crippen LogP contribution in [0.15, 0.2) is 23.1 Å². The molecule has 0 aliphatic rings. The lowest BCUT2D eigenvalue weighted by Gasteiger charge is -2.26. The monoisotopic (exact) mass is 313 g/mol. The van der Waals surface area contributed by atoms with Gasteiger partial charge in [-0.15, -0.1) is 0 Å². The van der Waals surface area contributed by atoms with Crippen LogP contribution in [0, 0.1) is 12.8 Å². The normalized spacial score (nSPS) is 12.6. The number of hydrogen-bond acceptors (Lipinski definition) is 4. The van der Waals surface area contributed by atoms with Gasteiger partial charge in [-0.1, -0.05) is 19.9 Å². The number of nitrogens with two attached hydrogens (primary N) is 1. The standard InChI is InChI=1S/C15H27N3O2S/c1-12(2)11-18(10-9-17(4)5)21(19,20)15-8-6-7-14(16)13(15)3/h6-8,12H,9-11,16H2,1-5H3. The molecule has 1 aromatic rings. The summed E-state index contributed by atoms with van der Waals surface area (Å²) >= 11 is 0. The van der Waals surface area contributed by atoms with Crippen molar-refractivity contribution in [3.8, 4) is 0 Å². The first-order valence-electron chi connectivity index (χ1n) is 7.16. The summed E-state index contributed by atoms with van der Waals surface area (Å²) < 4.78 is 27.4. The fourth-order valence-electron chi connectivity index (χ4n) is 2.08. The van der Waals surface area contributed by atoms with E-state index in [-0.39, 0.29) is 5.92 Å². The SMILES string of the molecule is Cc1c(N)cccc1S(=O)(=O)N(CCN(C)C)CC(C)C. The molecule has 0 saturated heterocycles. The van der Waals surface area contributed by atoms with E-state index < -0.39 is 10.0 Å². The third kappa shape index (κ3) is 4.69. The average Bonchev–Trinajstić information content (AvgIpc) is 2.36. The maximum Gasteiger partial charge on any atom is 0.243 e. The summed E-state index contributed by atoms with van der Waals surface area (Å²) in [5.41, 5.74) is 6.98. The highest BCUT2D eigenvalue weighted by Crippen LogP contribution is 2.24. The number of benzene rings is 1. The highest BCUT2D eigenvalue weighted by molar-refractivity contribution is 7.89. The minimum Gasteiger partial charge on any atom is -0.398 e. The summed E-state index contributed by atoms with van der Waals surface area (Å²) in [5.74, 6) is 0.267. The second kappa shape index (κ2) is 7.24. The van der Waals surface area contributed by atoms with Crippen LogP contribution >= 0.6 is 0 Å².